The number of carbonyl (C=O) groups is 1. The van der Waals surface area contributed by atoms with Crippen molar-refractivity contribution in [3.8, 4) is 11.5 Å². The van der Waals surface area contributed by atoms with Gasteiger partial charge in [-0.3, -0.25) is 4.79 Å². The molecule has 0 saturated heterocycles. The van der Waals surface area contributed by atoms with Crippen LogP contribution in [0.5, 0.6) is 11.5 Å². The molecule has 1 saturated carbocycles. The van der Waals surface area contributed by atoms with Crippen molar-refractivity contribution in [3.05, 3.63) is 35.5 Å². The minimum Gasteiger partial charge on any atom is -0.497 e. The largest absolute Gasteiger partial charge is 0.497 e. The van der Waals surface area contributed by atoms with Gasteiger partial charge >= 0.3 is 0 Å². The van der Waals surface area contributed by atoms with Crippen molar-refractivity contribution < 1.29 is 18.8 Å². The van der Waals surface area contributed by atoms with E-state index < -0.39 is 5.54 Å². The van der Waals surface area contributed by atoms with Gasteiger partial charge in [0.15, 0.2) is 5.82 Å². The lowest BCUT2D eigenvalue weighted by Gasteiger charge is -2.27. The zero-order valence-corrected chi connectivity index (χ0v) is 14.1. The molecule has 1 N–H and O–H groups in total. The summed E-state index contributed by atoms with van der Waals surface area (Å²) in [4.78, 5) is 17.2. The summed E-state index contributed by atoms with van der Waals surface area (Å²) in [6, 6.07) is 5.11. The smallest absolute Gasteiger partial charge is 0.255 e. The predicted octanol–water partition coefficient (Wildman–Crippen LogP) is 2.59. The Morgan fingerprint density at radius 3 is 2.58 bits per heavy atom. The van der Waals surface area contributed by atoms with Gasteiger partial charge in [-0.1, -0.05) is 18.0 Å². The molecule has 1 aliphatic carbocycles. The molecule has 128 valence electrons. The summed E-state index contributed by atoms with van der Waals surface area (Å²) in [7, 11) is 3.10. The Balaban J connectivity index is 1.90. The lowest BCUT2D eigenvalue weighted by Crippen LogP contribution is -2.44. The van der Waals surface area contributed by atoms with E-state index in [1.54, 1.807) is 32.2 Å². The van der Waals surface area contributed by atoms with Gasteiger partial charge in [-0.05, 0) is 25.0 Å². The van der Waals surface area contributed by atoms with Crippen molar-refractivity contribution >= 4 is 5.91 Å². The summed E-state index contributed by atoms with van der Waals surface area (Å²) in [5, 5.41) is 7.14. The molecule has 7 nitrogen and oxygen atoms in total. The lowest BCUT2D eigenvalue weighted by atomic mass is 9.95. The number of hydrogen-bond acceptors (Lipinski definition) is 6. The van der Waals surface area contributed by atoms with Crippen molar-refractivity contribution in [2.45, 2.75) is 38.1 Å². The minimum atomic E-state index is -0.584. The Bertz CT molecular complexity index is 735. The molecule has 1 heterocycles. The van der Waals surface area contributed by atoms with Gasteiger partial charge in [0.1, 0.15) is 17.0 Å². The molecule has 0 atom stereocenters. The van der Waals surface area contributed by atoms with Gasteiger partial charge in [-0.25, -0.2) is 0 Å². The molecule has 1 aliphatic rings. The first kappa shape index (κ1) is 16.3. The zero-order chi connectivity index (χ0) is 17.2. The van der Waals surface area contributed by atoms with Crippen molar-refractivity contribution in [2.75, 3.05) is 14.2 Å². The standard InChI is InChI=1S/C17H21N3O4/c1-11-18-16(20-24-11)17(8-4-5-9-17)19-15(21)13-7-6-12(22-2)10-14(13)23-3/h6-7,10H,4-5,8-9H2,1-3H3,(H,19,21). The number of nitrogens with zero attached hydrogens (tertiary/aromatic N) is 2. The maximum Gasteiger partial charge on any atom is 0.255 e. The second-order valence-corrected chi connectivity index (χ2v) is 5.95. The van der Waals surface area contributed by atoms with E-state index in [4.69, 9.17) is 14.0 Å². The zero-order valence-electron chi connectivity index (χ0n) is 14.1. The number of methoxy groups -OCH3 is 2. The highest BCUT2D eigenvalue weighted by Crippen LogP contribution is 2.38. The maximum atomic E-state index is 12.8. The van der Waals surface area contributed by atoms with Crippen LogP contribution < -0.4 is 14.8 Å². The number of nitrogens with one attached hydrogen (secondary N) is 1. The molecule has 1 aromatic heterocycles. The normalized spacial score (nSPS) is 16.0. The molecule has 0 spiro atoms. The van der Waals surface area contributed by atoms with Crippen LogP contribution in [-0.2, 0) is 5.54 Å². The summed E-state index contributed by atoms with van der Waals surface area (Å²) in [6.07, 6.45) is 3.59. The summed E-state index contributed by atoms with van der Waals surface area (Å²) in [5.74, 6) is 1.90. The molecular formula is C17H21N3O4. The van der Waals surface area contributed by atoms with E-state index in [2.05, 4.69) is 15.5 Å². The van der Waals surface area contributed by atoms with Crippen molar-refractivity contribution in [1.82, 2.24) is 15.5 Å². The molecule has 3 rings (SSSR count). The number of aryl methyl sites for hydroxylation is 1. The Morgan fingerprint density at radius 1 is 1.25 bits per heavy atom. The minimum absolute atomic E-state index is 0.223. The molecule has 0 radical (unpaired) electrons. The van der Waals surface area contributed by atoms with E-state index in [1.165, 1.54) is 7.11 Å². The molecule has 1 amide bonds. The number of aromatic nitrogens is 2. The molecule has 0 unspecified atom stereocenters. The first-order valence-corrected chi connectivity index (χ1v) is 7.93. The molecule has 2 aromatic rings. The summed E-state index contributed by atoms with van der Waals surface area (Å²) >= 11 is 0. The van der Waals surface area contributed by atoms with E-state index in [0.29, 0.717) is 28.8 Å². The Kier molecular flexibility index (Phi) is 4.42. The molecule has 0 aliphatic heterocycles. The monoisotopic (exact) mass is 331 g/mol. The van der Waals surface area contributed by atoms with Gasteiger partial charge in [-0.2, -0.15) is 4.98 Å². The topological polar surface area (TPSA) is 86.5 Å². The van der Waals surface area contributed by atoms with E-state index in [-0.39, 0.29) is 5.91 Å². The maximum absolute atomic E-state index is 12.8. The second-order valence-electron chi connectivity index (χ2n) is 5.95. The Hall–Kier alpha value is -2.57. The fourth-order valence-corrected chi connectivity index (χ4v) is 3.15. The van der Waals surface area contributed by atoms with Gasteiger partial charge in [0.05, 0.1) is 19.8 Å². The average Bonchev–Trinajstić information content (AvgIpc) is 3.24. The summed E-state index contributed by atoms with van der Waals surface area (Å²) in [5.41, 5.74) is -0.135. The number of carbonyl (C=O) groups excluding carboxylic acids is 1. The Labute approximate surface area is 140 Å². The van der Waals surface area contributed by atoms with E-state index in [9.17, 15) is 4.79 Å². The van der Waals surface area contributed by atoms with Crippen LogP contribution in [0.3, 0.4) is 0 Å². The van der Waals surface area contributed by atoms with Gasteiger partial charge in [-0.15, -0.1) is 0 Å². The SMILES string of the molecule is COc1ccc(C(=O)NC2(c3noc(C)n3)CCCC2)c(OC)c1. The summed E-state index contributed by atoms with van der Waals surface area (Å²) < 4.78 is 15.6. The highest BCUT2D eigenvalue weighted by atomic mass is 16.5. The van der Waals surface area contributed by atoms with Crippen LogP contribution in [0.2, 0.25) is 0 Å². The third-order valence-electron chi connectivity index (χ3n) is 4.42. The van der Waals surface area contributed by atoms with Crippen LogP contribution in [0.1, 0.15) is 47.8 Å². The average molecular weight is 331 g/mol. The predicted molar refractivity (Wildman–Crippen MR) is 86.2 cm³/mol. The number of amides is 1. The third kappa shape index (κ3) is 2.93. The highest BCUT2D eigenvalue weighted by molar-refractivity contribution is 5.97. The van der Waals surface area contributed by atoms with Gasteiger partial charge in [0, 0.05) is 13.0 Å². The first-order chi connectivity index (χ1) is 11.6. The second kappa shape index (κ2) is 6.51. The van der Waals surface area contributed by atoms with Crippen molar-refractivity contribution in [2.24, 2.45) is 0 Å². The van der Waals surface area contributed by atoms with Crippen LogP contribution in [0.15, 0.2) is 22.7 Å². The molecule has 1 aromatic carbocycles. The Morgan fingerprint density at radius 2 is 2.00 bits per heavy atom. The van der Waals surface area contributed by atoms with Crippen molar-refractivity contribution in [3.63, 3.8) is 0 Å². The number of rotatable bonds is 5. The number of ether oxygens (including phenoxy) is 2. The van der Waals surface area contributed by atoms with Crippen LogP contribution in [0.4, 0.5) is 0 Å². The van der Waals surface area contributed by atoms with Gasteiger partial charge < -0.3 is 19.3 Å². The van der Waals surface area contributed by atoms with E-state index in [0.717, 1.165) is 25.7 Å². The molecule has 1 fully saturated rings. The fraction of sp³-hybridized carbons (Fsp3) is 0.471. The van der Waals surface area contributed by atoms with Crippen LogP contribution in [-0.4, -0.2) is 30.3 Å². The third-order valence-corrected chi connectivity index (χ3v) is 4.42. The lowest BCUT2D eigenvalue weighted by molar-refractivity contribution is 0.0888. The molecule has 0 bridgehead atoms. The van der Waals surface area contributed by atoms with Crippen LogP contribution in [0.25, 0.3) is 0 Å². The molecule has 24 heavy (non-hydrogen) atoms. The highest BCUT2D eigenvalue weighted by Gasteiger charge is 2.41. The van der Waals surface area contributed by atoms with E-state index >= 15 is 0 Å². The van der Waals surface area contributed by atoms with Crippen molar-refractivity contribution in [1.29, 1.82) is 0 Å². The fourth-order valence-electron chi connectivity index (χ4n) is 3.15. The number of hydrogen-bond donors (Lipinski definition) is 1. The first-order valence-electron chi connectivity index (χ1n) is 7.93. The van der Waals surface area contributed by atoms with Gasteiger partial charge in [0.2, 0.25) is 5.89 Å². The summed E-state index contributed by atoms with van der Waals surface area (Å²) in [6.45, 7) is 1.74. The number of benzene rings is 1. The quantitative estimate of drug-likeness (QED) is 0.906. The van der Waals surface area contributed by atoms with Crippen LogP contribution >= 0.6 is 0 Å². The molecule has 7 heteroatoms. The molecular weight excluding hydrogens is 310 g/mol. The van der Waals surface area contributed by atoms with E-state index in [1.807, 2.05) is 0 Å². The van der Waals surface area contributed by atoms with Gasteiger partial charge in [0.25, 0.3) is 5.91 Å². The van der Waals surface area contributed by atoms with Crippen LogP contribution in [0, 0.1) is 6.92 Å².